The Labute approximate surface area is 111 Å². The molecule has 3 rings (SSSR count). The third-order valence-electron chi connectivity index (χ3n) is 2.96. The number of para-hydroxylation sites is 1. The zero-order valence-corrected chi connectivity index (χ0v) is 10.7. The van der Waals surface area contributed by atoms with Crippen molar-refractivity contribution in [1.29, 1.82) is 0 Å². The molecule has 0 saturated heterocycles. The van der Waals surface area contributed by atoms with Crippen LogP contribution in [0.4, 0.5) is 0 Å². The van der Waals surface area contributed by atoms with Gasteiger partial charge in [0.1, 0.15) is 0 Å². The standard InChI is InChI=1S/C14H15N5/c1-2-15-9-12-10-19(18-17-12)13-7-3-5-11-6-4-8-16-14(11)13/h3-8,10,15H,2,9H2,1H3. The molecule has 2 heterocycles. The van der Waals surface area contributed by atoms with Gasteiger partial charge < -0.3 is 5.32 Å². The van der Waals surface area contributed by atoms with Crippen LogP contribution in [0.25, 0.3) is 16.6 Å². The van der Waals surface area contributed by atoms with E-state index in [0.29, 0.717) is 0 Å². The van der Waals surface area contributed by atoms with Crippen molar-refractivity contribution < 1.29 is 0 Å². The third-order valence-corrected chi connectivity index (χ3v) is 2.96. The fourth-order valence-corrected chi connectivity index (χ4v) is 2.02. The summed E-state index contributed by atoms with van der Waals surface area (Å²) in [5.74, 6) is 0. The van der Waals surface area contributed by atoms with E-state index in [-0.39, 0.29) is 0 Å². The van der Waals surface area contributed by atoms with Crippen molar-refractivity contribution in [2.24, 2.45) is 0 Å². The second-order valence-electron chi connectivity index (χ2n) is 4.29. The number of nitrogens with zero attached hydrogens (tertiary/aromatic N) is 4. The lowest BCUT2D eigenvalue weighted by molar-refractivity contribution is 0.705. The molecule has 0 fully saturated rings. The van der Waals surface area contributed by atoms with Gasteiger partial charge in [0.05, 0.1) is 23.1 Å². The van der Waals surface area contributed by atoms with Crippen molar-refractivity contribution in [2.75, 3.05) is 6.54 Å². The SMILES string of the molecule is CCNCc1cn(-c2cccc3cccnc23)nn1. The Bertz CT molecular complexity index is 684. The molecule has 0 spiro atoms. The first-order valence-corrected chi connectivity index (χ1v) is 6.34. The molecule has 5 heteroatoms. The van der Waals surface area contributed by atoms with Crippen LogP contribution in [-0.2, 0) is 6.54 Å². The molecule has 0 aliphatic carbocycles. The molecule has 2 aromatic heterocycles. The highest BCUT2D eigenvalue weighted by molar-refractivity contribution is 5.85. The smallest absolute Gasteiger partial charge is 0.0969 e. The summed E-state index contributed by atoms with van der Waals surface area (Å²) in [6.45, 7) is 3.72. The molecule has 0 radical (unpaired) electrons. The number of hydrogen-bond acceptors (Lipinski definition) is 4. The van der Waals surface area contributed by atoms with Gasteiger partial charge in [0, 0.05) is 18.1 Å². The summed E-state index contributed by atoms with van der Waals surface area (Å²) in [7, 11) is 0. The van der Waals surface area contributed by atoms with E-state index in [4.69, 9.17) is 0 Å². The monoisotopic (exact) mass is 253 g/mol. The summed E-state index contributed by atoms with van der Waals surface area (Å²) >= 11 is 0. The van der Waals surface area contributed by atoms with Crippen LogP contribution in [0.1, 0.15) is 12.6 Å². The molecule has 0 unspecified atom stereocenters. The lowest BCUT2D eigenvalue weighted by atomic mass is 10.2. The Morgan fingerprint density at radius 3 is 3.00 bits per heavy atom. The van der Waals surface area contributed by atoms with Crippen molar-refractivity contribution in [3.05, 3.63) is 48.4 Å². The minimum atomic E-state index is 0.731. The quantitative estimate of drug-likeness (QED) is 0.772. The van der Waals surface area contributed by atoms with Crippen LogP contribution in [0.15, 0.2) is 42.7 Å². The number of rotatable bonds is 4. The van der Waals surface area contributed by atoms with E-state index in [0.717, 1.165) is 35.4 Å². The molecule has 0 aliphatic heterocycles. The van der Waals surface area contributed by atoms with E-state index in [2.05, 4.69) is 27.5 Å². The van der Waals surface area contributed by atoms with Crippen molar-refractivity contribution >= 4 is 10.9 Å². The molecule has 0 atom stereocenters. The second-order valence-corrected chi connectivity index (χ2v) is 4.29. The number of hydrogen-bond donors (Lipinski definition) is 1. The van der Waals surface area contributed by atoms with Crippen molar-refractivity contribution in [3.8, 4) is 5.69 Å². The molecular weight excluding hydrogens is 238 g/mol. The van der Waals surface area contributed by atoms with E-state index in [9.17, 15) is 0 Å². The fraction of sp³-hybridized carbons (Fsp3) is 0.214. The highest BCUT2D eigenvalue weighted by atomic mass is 15.4. The number of nitrogens with one attached hydrogen (secondary N) is 1. The zero-order chi connectivity index (χ0) is 13.1. The van der Waals surface area contributed by atoms with Gasteiger partial charge >= 0.3 is 0 Å². The second kappa shape index (κ2) is 5.16. The maximum atomic E-state index is 4.42. The highest BCUT2D eigenvalue weighted by Gasteiger charge is 2.06. The van der Waals surface area contributed by atoms with Crippen molar-refractivity contribution in [2.45, 2.75) is 13.5 Å². The normalized spacial score (nSPS) is 11.0. The average Bonchev–Trinajstić information content (AvgIpc) is 2.93. The average molecular weight is 253 g/mol. The predicted molar refractivity (Wildman–Crippen MR) is 74.0 cm³/mol. The number of aromatic nitrogens is 4. The molecule has 0 saturated carbocycles. The van der Waals surface area contributed by atoms with Gasteiger partial charge in [-0.25, -0.2) is 4.68 Å². The summed E-state index contributed by atoms with van der Waals surface area (Å²) in [6.07, 6.45) is 3.73. The van der Waals surface area contributed by atoms with Gasteiger partial charge in [-0.05, 0) is 18.7 Å². The molecule has 3 aromatic rings. The maximum Gasteiger partial charge on any atom is 0.0969 e. The van der Waals surface area contributed by atoms with Gasteiger partial charge in [0.15, 0.2) is 0 Å². The third kappa shape index (κ3) is 2.32. The molecule has 1 N–H and O–H groups in total. The first-order chi connectivity index (χ1) is 9.38. The van der Waals surface area contributed by atoms with Crippen molar-refractivity contribution in [3.63, 3.8) is 0 Å². The Morgan fingerprint density at radius 2 is 2.11 bits per heavy atom. The summed E-state index contributed by atoms with van der Waals surface area (Å²) in [4.78, 5) is 4.42. The fourth-order valence-electron chi connectivity index (χ4n) is 2.02. The minimum absolute atomic E-state index is 0.731. The Morgan fingerprint density at radius 1 is 1.21 bits per heavy atom. The van der Waals surface area contributed by atoms with Gasteiger partial charge in [-0.1, -0.05) is 30.3 Å². The first kappa shape index (κ1) is 11.8. The lowest BCUT2D eigenvalue weighted by Gasteiger charge is -2.04. The number of benzene rings is 1. The van der Waals surface area contributed by atoms with E-state index in [1.165, 1.54) is 0 Å². The summed E-state index contributed by atoms with van der Waals surface area (Å²) in [6, 6.07) is 10.0. The van der Waals surface area contributed by atoms with E-state index < -0.39 is 0 Å². The first-order valence-electron chi connectivity index (χ1n) is 6.34. The number of fused-ring (bicyclic) bond motifs is 1. The Hall–Kier alpha value is -2.27. The lowest BCUT2D eigenvalue weighted by Crippen LogP contribution is -2.11. The van der Waals surface area contributed by atoms with Crippen LogP contribution in [0, 0.1) is 0 Å². The molecule has 0 aliphatic rings. The van der Waals surface area contributed by atoms with Crippen LogP contribution >= 0.6 is 0 Å². The summed E-state index contributed by atoms with van der Waals surface area (Å²) in [5, 5.41) is 12.7. The molecule has 96 valence electrons. The Kier molecular flexibility index (Phi) is 3.20. The van der Waals surface area contributed by atoms with Gasteiger partial charge in [-0.3, -0.25) is 4.98 Å². The largest absolute Gasteiger partial charge is 0.311 e. The predicted octanol–water partition coefficient (Wildman–Crippen LogP) is 1.92. The van der Waals surface area contributed by atoms with E-state index >= 15 is 0 Å². The topological polar surface area (TPSA) is 55.6 Å². The van der Waals surface area contributed by atoms with Gasteiger partial charge in [0.2, 0.25) is 0 Å². The maximum absolute atomic E-state index is 4.42. The van der Waals surface area contributed by atoms with Crippen LogP contribution in [0.5, 0.6) is 0 Å². The van der Waals surface area contributed by atoms with Crippen LogP contribution < -0.4 is 5.32 Å². The molecule has 1 aromatic carbocycles. The molecule has 5 nitrogen and oxygen atoms in total. The Balaban J connectivity index is 2.02. The molecule has 19 heavy (non-hydrogen) atoms. The van der Waals surface area contributed by atoms with E-state index in [1.807, 2.05) is 36.5 Å². The molecule has 0 bridgehead atoms. The van der Waals surface area contributed by atoms with Crippen LogP contribution in [-0.4, -0.2) is 26.5 Å². The minimum Gasteiger partial charge on any atom is -0.311 e. The van der Waals surface area contributed by atoms with Gasteiger partial charge in [-0.15, -0.1) is 5.10 Å². The highest BCUT2D eigenvalue weighted by Crippen LogP contribution is 2.19. The van der Waals surface area contributed by atoms with Crippen LogP contribution in [0.2, 0.25) is 0 Å². The van der Waals surface area contributed by atoms with Crippen LogP contribution in [0.3, 0.4) is 0 Å². The molecular formula is C14H15N5. The zero-order valence-electron chi connectivity index (χ0n) is 10.7. The number of pyridine rings is 1. The summed E-state index contributed by atoms with van der Waals surface area (Å²) in [5.41, 5.74) is 2.81. The van der Waals surface area contributed by atoms with E-state index in [1.54, 1.807) is 10.9 Å². The van der Waals surface area contributed by atoms with Crippen molar-refractivity contribution in [1.82, 2.24) is 25.3 Å². The van der Waals surface area contributed by atoms with Gasteiger partial charge in [0.25, 0.3) is 0 Å². The van der Waals surface area contributed by atoms with Gasteiger partial charge in [-0.2, -0.15) is 0 Å². The molecule has 0 amide bonds. The summed E-state index contributed by atoms with van der Waals surface area (Å²) < 4.78 is 1.78.